The number of esters is 1. The maximum atomic E-state index is 12.6. The van der Waals surface area contributed by atoms with E-state index in [4.69, 9.17) is 4.74 Å². The fourth-order valence-electron chi connectivity index (χ4n) is 2.77. The van der Waals surface area contributed by atoms with Crippen molar-refractivity contribution in [3.05, 3.63) is 50.8 Å². The Morgan fingerprint density at radius 2 is 2.04 bits per heavy atom. The number of hydrogen-bond acceptors (Lipinski definition) is 5. The van der Waals surface area contributed by atoms with Crippen LogP contribution in [0.3, 0.4) is 0 Å². The minimum absolute atomic E-state index is 0.0948. The molecule has 0 aromatic heterocycles. The number of ether oxygens (including phenoxy) is 1. The number of hydrogen-bond donors (Lipinski definition) is 0. The van der Waals surface area contributed by atoms with Gasteiger partial charge in [0, 0.05) is 17.8 Å². The fourth-order valence-corrected chi connectivity index (χ4v) is 2.77. The molecule has 0 radical (unpaired) electrons. The van der Waals surface area contributed by atoms with E-state index in [-0.39, 0.29) is 24.4 Å². The molecule has 24 heavy (non-hydrogen) atoms. The Bertz CT molecular complexity index is 720. The Morgan fingerprint density at radius 3 is 2.62 bits per heavy atom. The zero-order valence-electron chi connectivity index (χ0n) is 14.1. The zero-order chi connectivity index (χ0) is 17.9. The number of carbonyl (C=O) groups is 2. The second-order valence-corrected chi connectivity index (χ2v) is 6.10. The van der Waals surface area contributed by atoms with Crippen molar-refractivity contribution in [2.45, 2.75) is 40.0 Å². The predicted molar refractivity (Wildman–Crippen MR) is 88.8 cm³/mol. The summed E-state index contributed by atoms with van der Waals surface area (Å²) in [5, 5.41) is 10.8. The third-order valence-electron chi connectivity index (χ3n) is 4.18. The highest BCUT2D eigenvalue weighted by atomic mass is 16.6. The molecule has 0 saturated heterocycles. The molecule has 1 aromatic rings. The Labute approximate surface area is 140 Å². The lowest BCUT2D eigenvalue weighted by molar-refractivity contribution is -0.485. The number of benzene rings is 1. The second kappa shape index (κ2) is 7.38. The van der Waals surface area contributed by atoms with E-state index in [1.807, 2.05) is 32.9 Å². The fraction of sp³-hybridized carbons (Fsp3) is 0.444. The van der Waals surface area contributed by atoms with Crippen LogP contribution in [0.2, 0.25) is 0 Å². The average molecular weight is 331 g/mol. The molecular weight excluding hydrogens is 310 g/mol. The summed E-state index contributed by atoms with van der Waals surface area (Å²) in [6, 6.07) is 5.53. The van der Waals surface area contributed by atoms with E-state index in [9.17, 15) is 19.7 Å². The lowest BCUT2D eigenvalue weighted by Gasteiger charge is -2.09. The number of allylic oxidation sites excluding steroid dienone is 2. The minimum atomic E-state index is -0.777. The number of carbonyl (C=O) groups excluding carboxylic acids is 2. The summed E-state index contributed by atoms with van der Waals surface area (Å²) in [7, 11) is 0. The van der Waals surface area contributed by atoms with Crippen molar-refractivity contribution in [3.8, 4) is 0 Å². The van der Waals surface area contributed by atoms with Gasteiger partial charge in [-0.15, -0.1) is 0 Å². The lowest BCUT2D eigenvalue weighted by Crippen LogP contribution is -2.19. The third-order valence-corrected chi connectivity index (χ3v) is 4.18. The Morgan fingerprint density at radius 1 is 1.33 bits per heavy atom. The monoisotopic (exact) mass is 331 g/mol. The van der Waals surface area contributed by atoms with Crippen LogP contribution >= 0.6 is 0 Å². The largest absolute Gasteiger partial charge is 0.430 e. The molecule has 0 saturated carbocycles. The normalized spacial score (nSPS) is 17.3. The third kappa shape index (κ3) is 3.88. The Kier molecular flexibility index (Phi) is 5.49. The van der Waals surface area contributed by atoms with Crippen LogP contribution in [0.15, 0.2) is 24.0 Å². The van der Waals surface area contributed by atoms with Crippen LogP contribution in [-0.4, -0.2) is 23.2 Å². The summed E-state index contributed by atoms with van der Waals surface area (Å²) in [6.07, 6.45) is 0.979. The van der Waals surface area contributed by atoms with Gasteiger partial charge in [0.1, 0.15) is 5.76 Å². The van der Waals surface area contributed by atoms with Gasteiger partial charge in [-0.1, -0.05) is 25.1 Å². The molecule has 6 nitrogen and oxygen atoms in total. The minimum Gasteiger partial charge on any atom is -0.430 e. The maximum Gasteiger partial charge on any atom is 0.310 e. The number of aryl methyl sites for hydroxylation is 2. The van der Waals surface area contributed by atoms with Crippen molar-refractivity contribution in [2.24, 2.45) is 5.92 Å². The smallest absolute Gasteiger partial charge is 0.310 e. The van der Waals surface area contributed by atoms with E-state index >= 15 is 0 Å². The molecule has 0 spiro atoms. The van der Waals surface area contributed by atoms with Gasteiger partial charge in [0.2, 0.25) is 6.54 Å². The second-order valence-electron chi connectivity index (χ2n) is 6.10. The van der Waals surface area contributed by atoms with E-state index in [0.29, 0.717) is 17.6 Å². The van der Waals surface area contributed by atoms with Crippen LogP contribution in [0, 0.1) is 29.9 Å². The van der Waals surface area contributed by atoms with Gasteiger partial charge in [-0.2, -0.15) is 0 Å². The summed E-state index contributed by atoms with van der Waals surface area (Å²) < 4.78 is 5.37. The Hall–Kier alpha value is -2.50. The van der Waals surface area contributed by atoms with Crippen LogP contribution in [-0.2, 0) is 14.3 Å². The summed E-state index contributed by atoms with van der Waals surface area (Å²) in [4.78, 5) is 34.8. The van der Waals surface area contributed by atoms with Gasteiger partial charge in [-0.3, -0.25) is 19.7 Å². The molecule has 1 aromatic carbocycles. The van der Waals surface area contributed by atoms with Gasteiger partial charge in [0.25, 0.3) is 0 Å². The highest BCUT2D eigenvalue weighted by Gasteiger charge is 2.39. The van der Waals surface area contributed by atoms with Gasteiger partial charge in [0.05, 0.1) is 11.5 Å². The number of nitrogens with zero attached hydrogens (tertiary/aromatic N) is 1. The molecule has 1 aliphatic rings. The van der Waals surface area contributed by atoms with E-state index in [2.05, 4.69) is 0 Å². The molecule has 0 N–H and O–H groups in total. The first-order valence-corrected chi connectivity index (χ1v) is 8.01. The molecule has 6 heteroatoms. The topological polar surface area (TPSA) is 86.5 Å². The SMILES string of the molecule is CCCC(=O)OC1=C(c2ccc(C)c(C)c2)C(=O)C(C[N+](=O)[O-])C1. The number of rotatable bonds is 6. The molecule has 128 valence electrons. The van der Waals surface area contributed by atoms with Crippen molar-refractivity contribution in [1.82, 2.24) is 0 Å². The molecule has 2 rings (SSSR count). The highest BCUT2D eigenvalue weighted by Crippen LogP contribution is 2.36. The summed E-state index contributed by atoms with van der Waals surface area (Å²) in [5.74, 6) is -1.26. The molecule has 1 atom stereocenters. The van der Waals surface area contributed by atoms with E-state index in [1.54, 1.807) is 6.07 Å². The van der Waals surface area contributed by atoms with Gasteiger partial charge in [-0.05, 0) is 37.0 Å². The van der Waals surface area contributed by atoms with Gasteiger partial charge in [0.15, 0.2) is 5.78 Å². The maximum absolute atomic E-state index is 12.6. The predicted octanol–water partition coefficient (Wildman–Crippen LogP) is 3.22. The van der Waals surface area contributed by atoms with Gasteiger partial charge >= 0.3 is 5.97 Å². The first-order chi connectivity index (χ1) is 11.3. The number of nitro groups is 1. The summed E-state index contributed by atoms with van der Waals surface area (Å²) >= 11 is 0. The first-order valence-electron chi connectivity index (χ1n) is 8.01. The van der Waals surface area contributed by atoms with E-state index in [0.717, 1.165) is 11.1 Å². The first kappa shape index (κ1) is 17.8. The van der Waals surface area contributed by atoms with Crippen LogP contribution in [0.25, 0.3) is 5.57 Å². The van der Waals surface area contributed by atoms with Crippen molar-refractivity contribution in [3.63, 3.8) is 0 Å². The molecule has 1 aliphatic carbocycles. The van der Waals surface area contributed by atoms with Crippen molar-refractivity contribution >= 4 is 17.3 Å². The van der Waals surface area contributed by atoms with Crippen molar-refractivity contribution in [2.75, 3.05) is 6.54 Å². The van der Waals surface area contributed by atoms with Crippen LogP contribution in [0.1, 0.15) is 42.9 Å². The summed E-state index contributed by atoms with van der Waals surface area (Å²) in [6.45, 7) is 5.29. The Balaban J connectivity index is 2.40. The quantitative estimate of drug-likeness (QED) is 0.454. The van der Waals surface area contributed by atoms with Crippen molar-refractivity contribution in [1.29, 1.82) is 0 Å². The van der Waals surface area contributed by atoms with E-state index in [1.165, 1.54) is 0 Å². The van der Waals surface area contributed by atoms with Crippen molar-refractivity contribution < 1.29 is 19.2 Å². The average Bonchev–Trinajstić information content (AvgIpc) is 2.77. The number of Topliss-reactive ketones (excluding diaryl/α,β-unsaturated/α-hetero) is 1. The molecule has 0 bridgehead atoms. The van der Waals surface area contributed by atoms with Gasteiger partial charge in [-0.25, -0.2) is 0 Å². The molecule has 1 unspecified atom stereocenters. The molecular formula is C18H21NO5. The lowest BCUT2D eigenvalue weighted by atomic mass is 9.96. The molecule has 0 amide bonds. The number of ketones is 1. The zero-order valence-corrected chi connectivity index (χ0v) is 14.1. The van der Waals surface area contributed by atoms with Crippen LogP contribution < -0.4 is 0 Å². The van der Waals surface area contributed by atoms with Gasteiger partial charge < -0.3 is 4.74 Å². The van der Waals surface area contributed by atoms with Crippen LogP contribution in [0.4, 0.5) is 0 Å². The molecule has 0 heterocycles. The van der Waals surface area contributed by atoms with E-state index < -0.39 is 23.4 Å². The summed E-state index contributed by atoms with van der Waals surface area (Å²) in [5.41, 5.74) is 3.03. The molecule has 0 aliphatic heterocycles. The van der Waals surface area contributed by atoms with Crippen LogP contribution in [0.5, 0.6) is 0 Å². The highest BCUT2D eigenvalue weighted by molar-refractivity contribution is 6.24. The molecule has 0 fully saturated rings. The standard InChI is InChI=1S/C18H21NO5/c1-4-5-16(20)24-15-9-14(10-19(22)23)18(21)17(15)13-7-6-11(2)12(3)8-13/h6-8,14H,4-5,9-10H2,1-3H3.